The van der Waals surface area contributed by atoms with Crippen molar-refractivity contribution >= 4 is 39.7 Å². The molecule has 0 spiro atoms. The Labute approximate surface area is 258 Å². The highest BCUT2D eigenvalue weighted by Gasteiger charge is 2.18. The summed E-state index contributed by atoms with van der Waals surface area (Å²) in [5.74, 6) is 1.76. The van der Waals surface area contributed by atoms with Crippen molar-refractivity contribution < 1.29 is 23.4 Å². The Hall–Kier alpha value is -5.90. The topological polar surface area (TPSA) is 117 Å². The monoisotopic (exact) mass is 602 g/mol. The molecular formula is C35H30N4O6. The number of carbonyl (C=O) groups excluding carboxylic acids is 1. The van der Waals surface area contributed by atoms with Gasteiger partial charge in [-0.1, -0.05) is 35.9 Å². The van der Waals surface area contributed by atoms with Crippen LogP contribution in [0.5, 0.6) is 17.2 Å². The maximum Gasteiger partial charge on any atom is 0.282 e. The summed E-state index contributed by atoms with van der Waals surface area (Å²) in [7, 11) is 1.59. The van der Waals surface area contributed by atoms with Gasteiger partial charge in [0, 0.05) is 5.69 Å². The van der Waals surface area contributed by atoms with E-state index >= 15 is 0 Å². The van der Waals surface area contributed by atoms with Crippen molar-refractivity contribution in [3.8, 4) is 28.8 Å². The second-order valence-electron chi connectivity index (χ2n) is 10.1. The first-order chi connectivity index (χ1) is 21.9. The van der Waals surface area contributed by atoms with Gasteiger partial charge in [0.15, 0.2) is 23.9 Å². The molecule has 6 rings (SSSR count). The van der Waals surface area contributed by atoms with E-state index in [9.17, 15) is 9.59 Å². The standard InChI is InChI=1S/C35H30N4O6/c1-4-43-31-18-23(14-17-30(31)44-21-33(40)37-24-15-12-22(2)13-16-24)20-36-39-34(38-27-9-6-5-8-25(27)35(39)41)32-19-26-28(42-3)10-7-11-29(26)45-32/h5-20H,4,21H2,1-3H3,(H,37,40). The van der Waals surface area contributed by atoms with E-state index in [1.165, 1.54) is 10.9 Å². The Morgan fingerprint density at radius 1 is 0.933 bits per heavy atom. The van der Waals surface area contributed by atoms with Gasteiger partial charge in [0.05, 0.1) is 36.2 Å². The van der Waals surface area contributed by atoms with Crippen LogP contribution >= 0.6 is 0 Å². The average Bonchev–Trinajstić information content (AvgIpc) is 3.50. The zero-order chi connectivity index (χ0) is 31.3. The summed E-state index contributed by atoms with van der Waals surface area (Å²) in [5.41, 5.74) is 3.17. The Morgan fingerprint density at radius 2 is 1.76 bits per heavy atom. The maximum atomic E-state index is 13.7. The molecule has 0 aliphatic rings. The van der Waals surface area contributed by atoms with Crippen LogP contribution < -0.4 is 25.1 Å². The van der Waals surface area contributed by atoms with Crippen molar-refractivity contribution in [2.45, 2.75) is 13.8 Å². The molecule has 0 atom stereocenters. The van der Waals surface area contributed by atoms with Gasteiger partial charge in [0.25, 0.3) is 11.5 Å². The number of carbonyl (C=O) groups is 1. The predicted molar refractivity (Wildman–Crippen MR) is 174 cm³/mol. The molecule has 0 saturated heterocycles. The van der Waals surface area contributed by atoms with Crippen LogP contribution in [-0.2, 0) is 4.79 Å². The molecule has 10 nitrogen and oxygen atoms in total. The van der Waals surface area contributed by atoms with Crippen molar-refractivity contribution in [1.29, 1.82) is 0 Å². The van der Waals surface area contributed by atoms with Gasteiger partial charge in [0.2, 0.25) is 5.82 Å². The lowest BCUT2D eigenvalue weighted by molar-refractivity contribution is -0.118. The van der Waals surface area contributed by atoms with Gasteiger partial charge >= 0.3 is 0 Å². The molecule has 4 aromatic carbocycles. The van der Waals surface area contributed by atoms with Gasteiger partial charge in [-0.15, -0.1) is 0 Å². The fourth-order valence-electron chi connectivity index (χ4n) is 4.81. The second-order valence-corrected chi connectivity index (χ2v) is 10.1. The Bertz CT molecular complexity index is 2100. The fraction of sp³-hybridized carbons (Fsp3) is 0.143. The van der Waals surface area contributed by atoms with Crippen LogP contribution in [0.15, 0.2) is 105 Å². The quantitative estimate of drug-likeness (QED) is 0.180. The lowest BCUT2D eigenvalue weighted by Gasteiger charge is -2.13. The summed E-state index contributed by atoms with van der Waals surface area (Å²) in [6, 6.07) is 27.0. The molecule has 45 heavy (non-hydrogen) atoms. The van der Waals surface area contributed by atoms with Crippen LogP contribution in [0.4, 0.5) is 5.69 Å². The number of para-hydroxylation sites is 1. The first-order valence-corrected chi connectivity index (χ1v) is 14.3. The van der Waals surface area contributed by atoms with E-state index in [0.717, 1.165) is 10.9 Å². The van der Waals surface area contributed by atoms with Crippen molar-refractivity contribution in [2.24, 2.45) is 5.10 Å². The molecule has 2 aromatic heterocycles. The molecule has 0 unspecified atom stereocenters. The number of nitrogens with one attached hydrogen (secondary N) is 1. The van der Waals surface area contributed by atoms with E-state index in [-0.39, 0.29) is 23.9 Å². The van der Waals surface area contributed by atoms with Gasteiger partial charge in [-0.05, 0) is 80.1 Å². The molecule has 0 radical (unpaired) electrons. The molecule has 226 valence electrons. The Balaban J connectivity index is 1.31. The smallest absolute Gasteiger partial charge is 0.282 e. The third kappa shape index (κ3) is 6.25. The number of aryl methyl sites for hydroxylation is 1. The number of hydrogen-bond donors (Lipinski definition) is 1. The highest BCUT2D eigenvalue weighted by molar-refractivity contribution is 5.92. The molecule has 0 aliphatic carbocycles. The summed E-state index contributed by atoms with van der Waals surface area (Å²) >= 11 is 0. The van der Waals surface area contributed by atoms with E-state index in [4.69, 9.17) is 23.6 Å². The second kappa shape index (κ2) is 12.8. The van der Waals surface area contributed by atoms with Crippen LogP contribution in [0.25, 0.3) is 33.5 Å². The first kappa shape index (κ1) is 29.2. The summed E-state index contributed by atoms with van der Waals surface area (Å²) in [6.45, 7) is 4.00. The minimum atomic E-state index is -0.358. The number of aromatic nitrogens is 2. The molecule has 0 bridgehead atoms. The summed E-state index contributed by atoms with van der Waals surface area (Å²) in [5, 5.41) is 8.51. The van der Waals surface area contributed by atoms with Crippen LogP contribution in [0, 0.1) is 6.92 Å². The Morgan fingerprint density at radius 3 is 2.56 bits per heavy atom. The SMILES string of the molecule is CCOc1cc(C=Nn2c(-c3cc4c(OC)cccc4o3)nc3ccccc3c2=O)ccc1OCC(=O)Nc1ccc(C)cc1. The number of furan rings is 1. The fourth-order valence-corrected chi connectivity index (χ4v) is 4.81. The van der Waals surface area contributed by atoms with E-state index < -0.39 is 0 Å². The normalized spacial score (nSPS) is 11.3. The van der Waals surface area contributed by atoms with Crippen LogP contribution in [0.2, 0.25) is 0 Å². The van der Waals surface area contributed by atoms with Crippen LogP contribution in [0.1, 0.15) is 18.1 Å². The zero-order valence-corrected chi connectivity index (χ0v) is 24.9. The maximum absolute atomic E-state index is 13.7. The number of rotatable bonds is 10. The molecular weight excluding hydrogens is 572 g/mol. The molecule has 2 heterocycles. The van der Waals surface area contributed by atoms with E-state index in [1.54, 1.807) is 49.6 Å². The molecule has 1 N–H and O–H groups in total. The van der Waals surface area contributed by atoms with E-state index in [1.807, 2.05) is 62.4 Å². The van der Waals surface area contributed by atoms with Crippen molar-refractivity contribution in [2.75, 3.05) is 25.6 Å². The third-order valence-corrected chi connectivity index (χ3v) is 7.00. The molecule has 10 heteroatoms. The zero-order valence-electron chi connectivity index (χ0n) is 24.9. The van der Waals surface area contributed by atoms with Crippen molar-refractivity contribution in [3.63, 3.8) is 0 Å². The number of nitrogens with zero attached hydrogens (tertiary/aromatic N) is 3. The summed E-state index contributed by atoms with van der Waals surface area (Å²) < 4.78 is 24.4. The van der Waals surface area contributed by atoms with Gasteiger partial charge in [0.1, 0.15) is 11.3 Å². The van der Waals surface area contributed by atoms with Crippen molar-refractivity contribution in [1.82, 2.24) is 9.66 Å². The average molecular weight is 603 g/mol. The van der Waals surface area contributed by atoms with Gasteiger partial charge in [-0.25, -0.2) is 4.98 Å². The molecule has 6 aromatic rings. The first-order valence-electron chi connectivity index (χ1n) is 14.3. The lowest BCUT2D eigenvalue weighted by atomic mass is 10.2. The van der Waals surface area contributed by atoms with Gasteiger partial charge < -0.3 is 23.9 Å². The minimum Gasteiger partial charge on any atom is -0.496 e. The number of ether oxygens (including phenoxy) is 3. The molecule has 0 saturated carbocycles. The number of anilines is 1. The summed E-state index contributed by atoms with van der Waals surface area (Å²) in [6.07, 6.45) is 1.53. The number of benzene rings is 4. The molecule has 0 aliphatic heterocycles. The Kier molecular flexibility index (Phi) is 8.28. The molecule has 1 amide bonds. The van der Waals surface area contributed by atoms with Crippen LogP contribution in [0.3, 0.4) is 0 Å². The van der Waals surface area contributed by atoms with Crippen LogP contribution in [-0.4, -0.2) is 42.1 Å². The number of methoxy groups -OCH3 is 1. The van der Waals surface area contributed by atoms with Gasteiger partial charge in [-0.3, -0.25) is 9.59 Å². The number of amides is 1. The lowest BCUT2D eigenvalue weighted by Crippen LogP contribution is -2.20. The van der Waals surface area contributed by atoms with Gasteiger partial charge in [-0.2, -0.15) is 9.78 Å². The predicted octanol–water partition coefficient (Wildman–Crippen LogP) is 6.43. The number of hydrogen-bond acceptors (Lipinski definition) is 8. The summed E-state index contributed by atoms with van der Waals surface area (Å²) in [4.78, 5) is 30.9. The minimum absolute atomic E-state index is 0.203. The van der Waals surface area contributed by atoms with Crippen molar-refractivity contribution in [3.05, 3.63) is 112 Å². The number of fused-ring (bicyclic) bond motifs is 2. The highest BCUT2D eigenvalue weighted by atomic mass is 16.5. The van der Waals surface area contributed by atoms with E-state index in [0.29, 0.717) is 57.4 Å². The highest BCUT2D eigenvalue weighted by Crippen LogP contribution is 2.33. The third-order valence-electron chi connectivity index (χ3n) is 7.00. The molecule has 0 fully saturated rings. The largest absolute Gasteiger partial charge is 0.496 e. The van der Waals surface area contributed by atoms with E-state index in [2.05, 4.69) is 10.4 Å².